The lowest BCUT2D eigenvalue weighted by molar-refractivity contribution is 0.312. The van der Waals surface area contributed by atoms with Gasteiger partial charge in [0, 0.05) is 153 Å². The van der Waals surface area contributed by atoms with Crippen molar-refractivity contribution in [3.63, 3.8) is 0 Å². The molecule has 0 amide bonds. The van der Waals surface area contributed by atoms with Gasteiger partial charge in [0.05, 0.1) is 0 Å². The molecule has 11 heterocycles. The fraction of sp³-hybridized carbons (Fsp3) is 0.306. The predicted molar refractivity (Wildman–Crippen MR) is 303 cm³/mol. The summed E-state index contributed by atoms with van der Waals surface area (Å²) in [6.07, 6.45) is 21.2. The molecule has 0 aliphatic carbocycles. The first kappa shape index (κ1) is 50.2. The minimum absolute atomic E-state index is 0.208. The minimum Gasteiger partial charge on any atom is -0.304 e. The largest absolute Gasteiger partial charge is 0.304 e. The van der Waals surface area contributed by atoms with Crippen molar-refractivity contribution in [2.24, 2.45) is 0 Å². The first-order chi connectivity index (χ1) is 35.7. The number of allylic oxidation sites excluding steroid dienone is 3. The molecule has 0 unspecified atom stereocenters. The molecule has 0 atom stereocenters. The molecular weight excluding hydrogens is 918 g/mol. The molecule has 0 fully saturated rings. The summed E-state index contributed by atoms with van der Waals surface area (Å²) in [5.74, 6) is -0.208. The molecule has 0 radical (unpaired) electrons. The van der Waals surface area contributed by atoms with Crippen molar-refractivity contribution in [1.29, 1.82) is 0 Å². The first-order valence-electron chi connectivity index (χ1n) is 25.8. The van der Waals surface area contributed by atoms with Gasteiger partial charge in [0.1, 0.15) is 22.8 Å². The Kier molecular flexibility index (Phi) is 14.4. The molecular formula is C62H68FN11. The highest BCUT2D eigenvalue weighted by Gasteiger charge is 2.25. The average molecular weight is 986 g/mol. The number of rotatable bonds is 6. The maximum atomic E-state index is 13.2. The molecule has 12 rings (SSSR count). The second-order valence-electron chi connectivity index (χ2n) is 20.9. The zero-order valence-corrected chi connectivity index (χ0v) is 44.7. The van der Waals surface area contributed by atoms with Gasteiger partial charge in [0.2, 0.25) is 0 Å². The third-order valence-electron chi connectivity index (χ3n) is 14.8. The lowest BCUT2D eigenvalue weighted by atomic mass is 10.0. The van der Waals surface area contributed by atoms with Gasteiger partial charge in [-0.15, -0.1) is 0 Å². The van der Waals surface area contributed by atoms with Gasteiger partial charge >= 0.3 is 0 Å². The third kappa shape index (κ3) is 10.4. The summed E-state index contributed by atoms with van der Waals surface area (Å²) in [5.41, 5.74) is 23.0. The van der Waals surface area contributed by atoms with Crippen molar-refractivity contribution >= 4 is 68.4 Å². The van der Waals surface area contributed by atoms with Crippen LogP contribution in [-0.4, -0.2) is 94.1 Å². The van der Waals surface area contributed by atoms with Gasteiger partial charge in [0.25, 0.3) is 0 Å². The number of aromatic nitrogens is 8. The molecule has 0 spiro atoms. The normalized spacial score (nSPS) is 15.6. The van der Waals surface area contributed by atoms with E-state index in [9.17, 15) is 4.39 Å². The summed E-state index contributed by atoms with van der Waals surface area (Å²) in [5, 5.41) is 3.81. The van der Waals surface area contributed by atoms with Gasteiger partial charge in [-0.2, -0.15) is 0 Å². The van der Waals surface area contributed by atoms with Crippen molar-refractivity contribution in [1.82, 2.24) is 53.3 Å². The number of likely N-dealkylation sites (N-methyl/N-ethyl adjacent to an activating group) is 3. The van der Waals surface area contributed by atoms with Gasteiger partial charge < -0.3 is 28.4 Å². The Bertz CT molecular complexity index is 3450. The van der Waals surface area contributed by atoms with E-state index in [2.05, 4.69) is 162 Å². The molecule has 11 nitrogen and oxygen atoms in total. The first-order valence-corrected chi connectivity index (χ1v) is 25.8. The summed E-state index contributed by atoms with van der Waals surface area (Å²) in [6, 6.07) is 21.7. The van der Waals surface area contributed by atoms with Gasteiger partial charge in [-0.3, -0.25) is 9.97 Å². The molecule has 9 aromatic rings. The summed E-state index contributed by atoms with van der Waals surface area (Å²) >= 11 is 0. The van der Waals surface area contributed by atoms with Crippen LogP contribution in [0.15, 0.2) is 104 Å². The molecule has 3 aliphatic heterocycles. The molecule has 378 valence electrons. The van der Waals surface area contributed by atoms with Crippen LogP contribution in [-0.2, 0) is 38.9 Å². The third-order valence-corrected chi connectivity index (χ3v) is 14.8. The number of pyridine rings is 5. The Hall–Kier alpha value is -7.38. The standard InChI is InChI=1S/C21H22FN3.C21H24N4.C20H22N4/c1-14-10-18-19-13-24(3)9-8-20(19)25(21(18)23-11-14)12-15(2)16-4-6-17(22)7-5-16;1-14-9-18-19-13-24(4)8-7-20(19)25(21(18)23-10-14)12-15(2)17-6-5-16(3)22-11-17;1-14-10-17-18-13-23(3)9-6-19(18)24(20(17)22-11-14)12-15(2)16-4-7-21-8-5-16/h4-7,10-12H,8-9,13H2,1-3H3;5-6,9-12H,7-8,13H2,1-4H3;4-5,7-8,10-12H,6,9,13H2,1-3H3/b3*15-12+. The molecule has 0 saturated heterocycles. The average Bonchev–Trinajstić information content (AvgIpc) is 3.98. The molecule has 3 aliphatic rings. The fourth-order valence-corrected chi connectivity index (χ4v) is 10.7. The second kappa shape index (κ2) is 21.2. The Morgan fingerprint density at radius 1 is 0.459 bits per heavy atom. The van der Waals surface area contributed by atoms with Crippen molar-refractivity contribution < 1.29 is 4.39 Å². The minimum atomic E-state index is -0.208. The van der Waals surface area contributed by atoms with E-state index >= 15 is 0 Å². The number of hydrogen-bond acceptors (Lipinski definition) is 8. The highest BCUT2D eigenvalue weighted by atomic mass is 19.1. The van der Waals surface area contributed by atoms with Crippen molar-refractivity contribution in [3.05, 3.63) is 183 Å². The molecule has 12 heteroatoms. The highest BCUT2D eigenvalue weighted by Crippen LogP contribution is 2.35. The monoisotopic (exact) mass is 986 g/mol. The quantitative estimate of drug-likeness (QED) is 0.163. The Morgan fingerprint density at radius 3 is 1.20 bits per heavy atom. The zero-order chi connectivity index (χ0) is 51.8. The Balaban J connectivity index is 0.000000127. The topological polar surface area (TPSA) is 89.0 Å². The van der Waals surface area contributed by atoms with Crippen LogP contribution in [0.4, 0.5) is 4.39 Å². The lowest BCUT2D eigenvalue weighted by Gasteiger charge is -2.23. The number of halogens is 1. The van der Waals surface area contributed by atoms with Gasteiger partial charge in [-0.25, -0.2) is 19.3 Å². The summed E-state index contributed by atoms with van der Waals surface area (Å²) < 4.78 is 20.0. The maximum absolute atomic E-state index is 13.2. The van der Waals surface area contributed by atoms with Gasteiger partial charge in [-0.05, 0) is 185 Å². The van der Waals surface area contributed by atoms with Crippen LogP contribution >= 0.6 is 0 Å². The Labute approximate surface area is 435 Å². The van der Waals surface area contributed by atoms with Crippen LogP contribution in [0.25, 0.3) is 68.4 Å². The molecule has 0 N–H and O–H groups in total. The second-order valence-corrected chi connectivity index (χ2v) is 20.9. The van der Waals surface area contributed by atoms with E-state index in [-0.39, 0.29) is 5.82 Å². The molecule has 0 bridgehead atoms. The molecule has 8 aromatic heterocycles. The summed E-state index contributed by atoms with van der Waals surface area (Å²) in [6.45, 7) is 20.8. The molecule has 1 aromatic carbocycles. The number of nitrogens with zero attached hydrogens (tertiary/aromatic N) is 11. The zero-order valence-electron chi connectivity index (χ0n) is 44.7. The van der Waals surface area contributed by atoms with Crippen LogP contribution in [0, 0.1) is 33.5 Å². The fourth-order valence-electron chi connectivity index (χ4n) is 10.7. The lowest BCUT2D eigenvalue weighted by Crippen LogP contribution is -2.26. The number of hydrogen-bond donors (Lipinski definition) is 0. The molecule has 0 saturated carbocycles. The summed E-state index contributed by atoms with van der Waals surface area (Å²) in [7, 11) is 6.54. The van der Waals surface area contributed by atoms with E-state index in [4.69, 9.17) is 15.0 Å². The van der Waals surface area contributed by atoms with Gasteiger partial charge in [-0.1, -0.05) is 18.2 Å². The van der Waals surface area contributed by atoms with Crippen molar-refractivity contribution in [2.45, 2.75) is 87.4 Å². The van der Waals surface area contributed by atoms with E-state index in [0.717, 1.165) is 97.9 Å². The van der Waals surface area contributed by atoms with Crippen LogP contribution in [0.2, 0.25) is 0 Å². The van der Waals surface area contributed by atoms with E-state index in [1.165, 1.54) is 95.5 Å². The van der Waals surface area contributed by atoms with E-state index < -0.39 is 0 Å². The van der Waals surface area contributed by atoms with Crippen molar-refractivity contribution in [3.8, 4) is 0 Å². The predicted octanol–water partition coefficient (Wildman–Crippen LogP) is 12.3. The van der Waals surface area contributed by atoms with E-state index in [1.54, 1.807) is 0 Å². The number of aryl methyl sites for hydroxylation is 4. The molecule has 74 heavy (non-hydrogen) atoms. The number of fused-ring (bicyclic) bond motifs is 9. The van der Waals surface area contributed by atoms with Crippen LogP contribution in [0.5, 0.6) is 0 Å². The van der Waals surface area contributed by atoms with E-state index in [0.29, 0.717) is 0 Å². The smallest absolute Gasteiger partial charge is 0.144 e. The maximum Gasteiger partial charge on any atom is 0.144 e. The van der Waals surface area contributed by atoms with Crippen LogP contribution < -0.4 is 0 Å². The number of benzene rings is 1. The summed E-state index contributed by atoms with van der Waals surface area (Å²) in [4.78, 5) is 29.9. The highest BCUT2D eigenvalue weighted by molar-refractivity contribution is 5.90. The Morgan fingerprint density at radius 2 is 0.824 bits per heavy atom. The van der Waals surface area contributed by atoms with Crippen LogP contribution in [0.3, 0.4) is 0 Å². The SMILES string of the molecule is C/C(=C\n1c2c(c3cc(C)cnc31)CN(C)CC2)c1ccc(C)nc1.C/C(=C\n1c2c(c3cc(C)cnc31)CN(C)CC2)c1ccc(F)cc1.C/C(=C\n1c2c(c3cc(C)cnc31)CN(C)CC2)c1ccncc1. The van der Waals surface area contributed by atoms with Crippen molar-refractivity contribution in [2.75, 3.05) is 40.8 Å². The van der Waals surface area contributed by atoms with E-state index in [1.807, 2.05) is 56.2 Å². The van der Waals surface area contributed by atoms with Crippen LogP contribution in [0.1, 0.15) is 93.6 Å². The van der Waals surface area contributed by atoms with Gasteiger partial charge in [0.15, 0.2) is 0 Å².